The van der Waals surface area contributed by atoms with Gasteiger partial charge in [0.25, 0.3) is 0 Å². The van der Waals surface area contributed by atoms with Crippen LogP contribution in [0.2, 0.25) is 0 Å². The van der Waals surface area contributed by atoms with Crippen molar-refractivity contribution in [2.24, 2.45) is 5.92 Å². The highest BCUT2D eigenvalue weighted by Crippen LogP contribution is 1.95. The van der Waals surface area contributed by atoms with Crippen molar-refractivity contribution in [3.63, 3.8) is 0 Å². The number of allylic oxidation sites excluding steroid dienone is 6. The van der Waals surface area contributed by atoms with Crippen molar-refractivity contribution >= 4 is 0 Å². The molecule has 0 nitrogen and oxygen atoms in total. The van der Waals surface area contributed by atoms with Crippen molar-refractivity contribution in [1.82, 2.24) is 0 Å². The molecule has 0 heterocycles. The predicted molar refractivity (Wildman–Crippen MR) is 68.4 cm³/mol. The zero-order chi connectivity index (χ0) is 11.2. The van der Waals surface area contributed by atoms with Crippen LogP contribution in [0.1, 0.15) is 33.6 Å². The van der Waals surface area contributed by atoms with Crippen LogP contribution < -0.4 is 0 Å². The lowest BCUT2D eigenvalue weighted by molar-refractivity contribution is 0.941. The zero-order valence-corrected chi connectivity index (χ0v) is 9.87. The fourth-order valence-electron chi connectivity index (χ4n) is 0.741. The van der Waals surface area contributed by atoms with Gasteiger partial charge < -0.3 is 0 Å². The van der Waals surface area contributed by atoms with Crippen LogP contribution in [0.15, 0.2) is 49.6 Å². The van der Waals surface area contributed by atoms with Crippen molar-refractivity contribution in [3.05, 3.63) is 49.6 Å². The van der Waals surface area contributed by atoms with Crippen molar-refractivity contribution in [1.29, 1.82) is 0 Å². The van der Waals surface area contributed by atoms with Crippen LogP contribution >= 0.6 is 0 Å². The van der Waals surface area contributed by atoms with Crippen LogP contribution in [0, 0.1) is 5.92 Å². The minimum Gasteiger partial charge on any atom is -0.103 e. The molecule has 0 N–H and O–H groups in total. The Balaban J connectivity index is 0. The molecule has 0 bridgehead atoms. The smallest absolute Gasteiger partial charge is 0.00847 e. The summed E-state index contributed by atoms with van der Waals surface area (Å²) in [4.78, 5) is 0. The van der Waals surface area contributed by atoms with Gasteiger partial charge in [0, 0.05) is 0 Å². The van der Waals surface area contributed by atoms with E-state index < -0.39 is 0 Å². The molecule has 1 atom stereocenters. The topological polar surface area (TPSA) is 0 Å². The minimum absolute atomic E-state index is 0.532. The first-order chi connectivity index (χ1) is 6.72. The summed E-state index contributed by atoms with van der Waals surface area (Å²) >= 11 is 0. The van der Waals surface area contributed by atoms with Gasteiger partial charge in [0.1, 0.15) is 0 Å². The first kappa shape index (κ1) is 15.4. The molecule has 0 spiro atoms. The lowest BCUT2D eigenvalue weighted by Crippen LogP contribution is -1.76. The van der Waals surface area contributed by atoms with Crippen molar-refractivity contribution in [3.8, 4) is 0 Å². The Labute approximate surface area is 89.7 Å². The fourth-order valence-corrected chi connectivity index (χ4v) is 0.741. The summed E-state index contributed by atoms with van der Waals surface area (Å²) in [5.74, 6) is 0.532. The minimum atomic E-state index is 0.532. The first-order valence-electron chi connectivity index (χ1n) is 5.24. The maximum absolute atomic E-state index is 3.63. The third-order valence-electron chi connectivity index (χ3n) is 1.57. The Morgan fingerprint density at radius 1 is 1.21 bits per heavy atom. The molecule has 0 saturated carbocycles. The van der Waals surface area contributed by atoms with Gasteiger partial charge in [-0.3, -0.25) is 0 Å². The van der Waals surface area contributed by atoms with Crippen LogP contribution in [0.4, 0.5) is 0 Å². The van der Waals surface area contributed by atoms with Crippen LogP contribution in [-0.2, 0) is 0 Å². The van der Waals surface area contributed by atoms with Gasteiger partial charge in [-0.25, -0.2) is 0 Å². The maximum atomic E-state index is 3.63. The molecule has 14 heavy (non-hydrogen) atoms. The predicted octanol–water partition coefficient (Wildman–Crippen LogP) is 4.91. The summed E-state index contributed by atoms with van der Waals surface area (Å²) in [6, 6.07) is 0. The summed E-state index contributed by atoms with van der Waals surface area (Å²) in [6.07, 6.45) is 14.3. The van der Waals surface area contributed by atoms with E-state index in [2.05, 4.69) is 45.2 Å². The molecule has 0 aromatic heterocycles. The van der Waals surface area contributed by atoms with Crippen LogP contribution in [0.3, 0.4) is 0 Å². The number of hydrogen-bond acceptors (Lipinski definition) is 0. The summed E-state index contributed by atoms with van der Waals surface area (Å²) in [7, 11) is 0. The van der Waals surface area contributed by atoms with Gasteiger partial charge in [-0.05, 0) is 25.7 Å². The van der Waals surface area contributed by atoms with Gasteiger partial charge in [-0.2, -0.15) is 0 Å². The Kier molecular flexibility index (Phi) is 16.0. The van der Waals surface area contributed by atoms with E-state index in [1.54, 1.807) is 0 Å². The maximum Gasteiger partial charge on any atom is -0.00847 e. The monoisotopic (exact) mass is 192 g/mol. The van der Waals surface area contributed by atoms with Crippen molar-refractivity contribution in [2.75, 3.05) is 0 Å². The molecular formula is C14H24. The van der Waals surface area contributed by atoms with E-state index in [-0.39, 0.29) is 0 Å². The van der Waals surface area contributed by atoms with Crippen LogP contribution in [0.5, 0.6) is 0 Å². The Hall–Kier alpha value is -1.04. The molecule has 1 unspecified atom stereocenters. The Morgan fingerprint density at radius 2 is 1.86 bits per heavy atom. The summed E-state index contributed by atoms with van der Waals surface area (Å²) in [6.45, 7) is 13.5. The molecule has 0 aromatic rings. The molecule has 0 aliphatic rings. The average Bonchev–Trinajstić information content (AvgIpc) is 2.20. The molecule has 0 saturated heterocycles. The van der Waals surface area contributed by atoms with Gasteiger partial charge in [0.2, 0.25) is 0 Å². The van der Waals surface area contributed by atoms with E-state index in [4.69, 9.17) is 0 Å². The SMILES string of the molecule is C=CC(C)/C=C/C.C=CC/C=C/CC. The molecule has 0 fully saturated rings. The highest BCUT2D eigenvalue weighted by atomic mass is 13.9. The highest BCUT2D eigenvalue weighted by molar-refractivity contribution is 4.92. The van der Waals surface area contributed by atoms with Gasteiger partial charge in [-0.15, -0.1) is 13.2 Å². The number of hydrogen-bond donors (Lipinski definition) is 0. The molecule has 0 aromatic carbocycles. The van der Waals surface area contributed by atoms with E-state index in [0.29, 0.717) is 5.92 Å². The zero-order valence-electron chi connectivity index (χ0n) is 9.87. The summed E-state index contributed by atoms with van der Waals surface area (Å²) in [5.41, 5.74) is 0. The molecular weight excluding hydrogens is 168 g/mol. The van der Waals surface area contributed by atoms with Gasteiger partial charge in [-0.1, -0.05) is 50.3 Å². The highest BCUT2D eigenvalue weighted by Gasteiger charge is 1.81. The Morgan fingerprint density at radius 3 is 2.14 bits per heavy atom. The molecule has 80 valence electrons. The van der Waals surface area contributed by atoms with Gasteiger partial charge in [0.15, 0.2) is 0 Å². The lowest BCUT2D eigenvalue weighted by Gasteiger charge is -1.90. The summed E-state index contributed by atoms with van der Waals surface area (Å²) < 4.78 is 0. The molecule has 0 heteroatoms. The van der Waals surface area contributed by atoms with Gasteiger partial charge in [0.05, 0.1) is 0 Å². The van der Waals surface area contributed by atoms with E-state index >= 15 is 0 Å². The van der Waals surface area contributed by atoms with E-state index in [0.717, 1.165) is 12.8 Å². The van der Waals surface area contributed by atoms with Crippen LogP contribution in [-0.4, -0.2) is 0 Å². The van der Waals surface area contributed by atoms with Crippen molar-refractivity contribution < 1.29 is 0 Å². The number of rotatable bonds is 5. The summed E-state index contributed by atoms with van der Waals surface area (Å²) in [5, 5.41) is 0. The normalized spacial score (nSPS) is 12.2. The molecule has 0 radical (unpaired) electrons. The third-order valence-corrected chi connectivity index (χ3v) is 1.57. The Bertz CT molecular complexity index is 172. The van der Waals surface area contributed by atoms with E-state index in [1.807, 2.05) is 25.2 Å². The second-order valence-electron chi connectivity index (χ2n) is 3.02. The molecule has 0 aliphatic carbocycles. The molecule has 0 amide bonds. The van der Waals surface area contributed by atoms with Gasteiger partial charge >= 0.3 is 0 Å². The van der Waals surface area contributed by atoms with E-state index in [9.17, 15) is 0 Å². The van der Waals surface area contributed by atoms with Crippen LogP contribution in [0.25, 0.3) is 0 Å². The quantitative estimate of drug-likeness (QED) is 0.543. The second-order valence-corrected chi connectivity index (χ2v) is 3.02. The fraction of sp³-hybridized carbons (Fsp3) is 0.429. The van der Waals surface area contributed by atoms with Crippen molar-refractivity contribution in [2.45, 2.75) is 33.6 Å². The average molecular weight is 192 g/mol. The molecule has 0 aliphatic heterocycles. The largest absolute Gasteiger partial charge is 0.103 e. The van der Waals surface area contributed by atoms with E-state index in [1.165, 1.54) is 0 Å². The second kappa shape index (κ2) is 14.5. The molecule has 0 rings (SSSR count). The standard InChI is InChI=1S/2C7H12/c1-4-6-7(3)5-2;1-3-5-7-6-4-2/h4-7H,2H2,1,3H3;3,6-7H,1,4-5H2,2H3/b6-4+;7-6+. The lowest BCUT2D eigenvalue weighted by atomic mass is 10.2. The third kappa shape index (κ3) is 17.2. The first-order valence-corrected chi connectivity index (χ1v) is 5.24.